The van der Waals surface area contributed by atoms with E-state index in [-0.39, 0.29) is 12.0 Å². The van der Waals surface area contributed by atoms with E-state index in [1.165, 1.54) is 0 Å². The molecule has 0 spiro atoms. The molecule has 0 unspecified atom stereocenters. The number of amidine groups is 1. The number of fused-ring (bicyclic) bond motifs is 1. The number of hydrogen-bond donors (Lipinski definition) is 1. The van der Waals surface area contributed by atoms with Gasteiger partial charge in [0.2, 0.25) is 5.95 Å². The molecule has 0 radical (unpaired) electrons. The molecule has 1 aliphatic carbocycles. The Bertz CT molecular complexity index is 1000. The van der Waals surface area contributed by atoms with Crippen molar-refractivity contribution in [2.24, 2.45) is 15.9 Å². The zero-order valence-electron chi connectivity index (χ0n) is 17.7. The van der Waals surface area contributed by atoms with Gasteiger partial charge in [0.25, 0.3) is 0 Å². The van der Waals surface area contributed by atoms with Crippen LogP contribution >= 0.6 is 0 Å². The predicted octanol–water partition coefficient (Wildman–Crippen LogP) is 3.37. The largest absolute Gasteiger partial charge is 0.382 e. The van der Waals surface area contributed by atoms with Gasteiger partial charge >= 0.3 is 0 Å². The van der Waals surface area contributed by atoms with Gasteiger partial charge in [-0.1, -0.05) is 19.1 Å². The van der Waals surface area contributed by atoms with Crippen LogP contribution < -0.4 is 5.32 Å². The molecular weight excluding hydrogens is 380 g/mol. The van der Waals surface area contributed by atoms with Crippen molar-refractivity contribution in [3.05, 3.63) is 42.4 Å². The molecule has 8 nitrogen and oxygen atoms in total. The highest BCUT2D eigenvalue weighted by Gasteiger charge is 2.30. The first kappa shape index (κ1) is 20.4. The minimum absolute atomic E-state index is 0.246. The molecule has 30 heavy (non-hydrogen) atoms. The minimum Gasteiger partial charge on any atom is -0.382 e. The first-order valence-corrected chi connectivity index (χ1v) is 10.3. The molecule has 2 aromatic rings. The Labute approximate surface area is 176 Å². The van der Waals surface area contributed by atoms with E-state index in [0.717, 1.165) is 35.3 Å². The summed E-state index contributed by atoms with van der Waals surface area (Å²) in [6.45, 7) is 5.29. The smallest absolute Gasteiger partial charge is 0.241 e. The number of nitrogens with zero attached hydrogens (tertiary/aromatic N) is 5. The topological polar surface area (TPSA) is 85.4 Å². The summed E-state index contributed by atoms with van der Waals surface area (Å²) in [5, 5.41) is 8.03. The molecule has 2 aliphatic rings. The van der Waals surface area contributed by atoms with Crippen molar-refractivity contribution in [2.75, 3.05) is 25.6 Å². The van der Waals surface area contributed by atoms with Crippen molar-refractivity contribution in [2.45, 2.75) is 38.8 Å². The van der Waals surface area contributed by atoms with Crippen LogP contribution in [-0.2, 0) is 9.47 Å². The lowest BCUT2D eigenvalue weighted by molar-refractivity contribution is -0.0261. The summed E-state index contributed by atoms with van der Waals surface area (Å²) in [6, 6.07) is 2.39. The Hall–Kier alpha value is -2.84. The molecule has 0 bridgehead atoms. The van der Waals surface area contributed by atoms with Gasteiger partial charge < -0.3 is 14.8 Å². The van der Waals surface area contributed by atoms with Gasteiger partial charge in [-0.25, -0.2) is 19.5 Å². The van der Waals surface area contributed by atoms with E-state index in [4.69, 9.17) is 9.47 Å². The monoisotopic (exact) mass is 408 g/mol. The fraction of sp³-hybridized carbons (Fsp3) is 0.455. The van der Waals surface area contributed by atoms with E-state index in [1.54, 1.807) is 7.11 Å². The summed E-state index contributed by atoms with van der Waals surface area (Å²) in [6.07, 6.45) is 13.9. The number of methoxy groups -OCH3 is 1. The predicted molar refractivity (Wildman–Crippen MR) is 119 cm³/mol. The number of hydrogen-bond acceptors (Lipinski definition) is 7. The average molecular weight is 409 g/mol. The van der Waals surface area contributed by atoms with Crippen molar-refractivity contribution in [1.29, 1.82) is 0 Å². The second-order valence-electron chi connectivity index (χ2n) is 7.70. The lowest BCUT2D eigenvalue weighted by Crippen LogP contribution is -2.41. The molecule has 2 aromatic heterocycles. The van der Waals surface area contributed by atoms with Gasteiger partial charge in [0.1, 0.15) is 5.84 Å². The first-order valence-electron chi connectivity index (χ1n) is 10.3. The van der Waals surface area contributed by atoms with E-state index < -0.39 is 0 Å². The summed E-state index contributed by atoms with van der Waals surface area (Å²) >= 11 is 0. The van der Waals surface area contributed by atoms with Gasteiger partial charge in [-0.3, -0.25) is 0 Å². The molecule has 1 N–H and O–H groups in total. The number of allylic oxidation sites excluding steroid dienone is 3. The van der Waals surface area contributed by atoms with Crippen molar-refractivity contribution in [1.82, 2.24) is 14.6 Å². The molecule has 0 saturated heterocycles. The summed E-state index contributed by atoms with van der Waals surface area (Å²) in [7, 11) is 1.68. The average Bonchev–Trinajstić information content (AvgIpc) is 3.14. The van der Waals surface area contributed by atoms with Gasteiger partial charge in [0, 0.05) is 37.3 Å². The van der Waals surface area contributed by atoms with Gasteiger partial charge in [-0.05, 0) is 37.3 Å². The third kappa shape index (κ3) is 4.83. The third-order valence-corrected chi connectivity index (χ3v) is 5.28. The van der Waals surface area contributed by atoms with Crippen molar-refractivity contribution >= 4 is 29.1 Å². The van der Waals surface area contributed by atoms with Crippen LogP contribution in [0.4, 0.5) is 5.95 Å². The van der Waals surface area contributed by atoms with Gasteiger partial charge in [0.05, 0.1) is 31.0 Å². The highest BCUT2D eigenvalue weighted by molar-refractivity contribution is 6.15. The quantitative estimate of drug-likeness (QED) is 0.710. The molecule has 1 saturated carbocycles. The first-order chi connectivity index (χ1) is 14.6. The van der Waals surface area contributed by atoms with E-state index in [1.807, 2.05) is 36.2 Å². The lowest BCUT2D eigenvalue weighted by Gasteiger charge is -2.35. The number of nitrogens with one attached hydrogen (secondary N) is 1. The molecule has 4 rings (SSSR count). The standard InChI is InChI=1S/C22H28N6O2/c1-15-4-6-23-16(2)24-13-17(10-15)20-5-7-28-21(20)14-25-22(27-28)26-18-11-19(12-18)30-9-8-29-3/h4-7,10,13-15,18-19H,8-9,11-12H2,1-3H3,(H,26,27)/b6-4-,17-10+,23-16?,24-13?/t15-,18?,19?/m0/s1. The highest BCUT2D eigenvalue weighted by Crippen LogP contribution is 2.27. The fourth-order valence-electron chi connectivity index (χ4n) is 3.53. The summed E-state index contributed by atoms with van der Waals surface area (Å²) in [4.78, 5) is 13.3. The Balaban J connectivity index is 1.46. The van der Waals surface area contributed by atoms with Crippen molar-refractivity contribution < 1.29 is 9.47 Å². The van der Waals surface area contributed by atoms with E-state index in [9.17, 15) is 0 Å². The second kappa shape index (κ2) is 9.32. The third-order valence-electron chi connectivity index (χ3n) is 5.28. The summed E-state index contributed by atoms with van der Waals surface area (Å²) < 4.78 is 12.6. The van der Waals surface area contributed by atoms with Gasteiger partial charge in [-0.2, -0.15) is 0 Å². The number of ether oxygens (including phenoxy) is 2. The van der Waals surface area contributed by atoms with E-state index >= 15 is 0 Å². The van der Waals surface area contributed by atoms with Crippen LogP contribution in [-0.4, -0.2) is 59.1 Å². The summed E-state index contributed by atoms with van der Waals surface area (Å²) in [5.41, 5.74) is 3.03. The number of aliphatic imine (C=N–C) groups is 2. The second-order valence-corrected chi connectivity index (χ2v) is 7.70. The van der Waals surface area contributed by atoms with Crippen LogP contribution in [0.15, 0.2) is 46.8 Å². The molecule has 1 aliphatic heterocycles. The highest BCUT2D eigenvalue weighted by atomic mass is 16.5. The van der Waals surface area contributed by atoms with Crippen molar-refractivity contribution in [3.8, 4) is 0 Å². The molecule has 8 heteroatoms. The van der Waals surface area contributed by atoms with Crippen LogP contribution in [0.3, 0.4) is 0 Å². The van der Waals surface area contributed by atoms with Crippen LogP contribution in [0.25, 0.3) is 11.1 Å². The Kier molecular flexibility index (Phi) is 6.35. The number of aromatic nitrogens is 3. The SMILES string of the molecule is COCCOC1CC(Nc2ncc3c(/C4=C/[C@@H](C)/C=C\N=C(C)N=C4)ccn3n2)C1. The van der Waals surface area contributed by atoms with Crippen molar-refractivity contribution in [3.63, 3.8) is 0 Å². The molecule has 0 amide bonds. The molecule has 0 aromatic carbocycles. The van der Waals surface area contributed by atoms with Crippen LogP contribution in [0.1, 0.15) is 32.3 Å². The summed E-state index contributed by atoms with van der Waals surface area (Å²) in [5.74, 6) is 1.60. The normalized spacial score (nSPS) is 26.7. The van der Waals surface area contributed by atoms with Crippen LogP contribution in [0.2, 0.25) is 0 Å². The van der Waals surface area contributed by atoms with Crippen LogP contribution in [0.5, 0.6) is 0 Å². The molecule has 3 heterocycles. The minimum atomic E-state index is 0.246. The molecule has 1 atom stereocenters. The van der Waals surface area contributed by atoms with Crippen LogP contribution in [0, 0.1) is 5.92 Å². The van der Waals surface area contributed by atoms with Gasteiger partial charge in [-0.15, -0.1) is 5.10 Å². The Morgan fingerprint density at radius 3 is 2.97 bits per heavy atom. The maximum Gasteiger partial charge on any atom is 0.241 e. The zero-order valence-corrected chi connectivity index (χ0v) is 17.7. The fourth-order valence-corrected chi connectivity index (χ4v) is 3.53. The van der Waals surface area contributed by atoms with E-state index in [0.29, 0.717) is 25.2 Å². The van der Waals surface area contributed by atoms with Gasteiger partial charge in [0.15, 0.2) is 0 Å². The lowest BCUT2D eigenvalue weighted by atomic mass is 9.89. The maximum atomic E-state index is 5.73. The number of rotatable bonds is 7. The molecular formula is C22H28N6O2. The molecule has 158 valence electrons. The number of anilines is 1. The zero-order chi connectivity index (χ0) is 20.9. The van der Waals surface area contributed by atoms with E-state index in [2.05, 4.69) is 50.5 Å². The molecule has 1 fully saturated rings. The Morgan fingerprint density at radius 2 is 2.13 bits per heavy atom. The maximum absolute atomic E-state index is 5.73. The Morgan fingerprint density at radius 1 is 1.27 bits per heavy atom.